The quantitative estimate of drug-likeness (QED) is 0.611. The summed E-state index contributed by atoms with van der Waals surface area (Å²) in [4.78, 5) is 0. The van der Waals surface area contributed by atoms with Crippen LogP contribution in [0.1, 0.15) is 31.7 Å². The van der Waals surface area contributed by atoms with Gasteiger partial charge in [-0.15, -0.1) is 0 Å². The van der Waals surface area contributed by atoms with Crippen molar-refractivity contribution in [3.8, 4) is 17.1 Å². The Hall–Kier alpha value is -2.49. The number of nitrogens with zero attached hydrogens (tertiary/aromatic N) is 2. The molecule has 1 aromatic heterocycles. The highest BCUT2D eigenvalue weighted by Gasteiger charge is 2.27. The normalized spacial score (nSPS) is 12.4. The third-order valence-electron chi connectivity index (χ3n) is 4.49. The van der Waals surface area contributed by atoms with E-state index < -0.39 is 11.6 Å². The van der Waals surface area contributed by atoms with E-state index in [4.69, 9.17) is 0 Å². The summed E-state index contributed by atoms with van der Waals surface area (Å²) >= 11 is 0. The molecule has 0 saturated carbocycles. The Bertz CT molecular complexity index is 854. The lowest BCUT2D eigenvalue weighted by Gasteiger charge is -2.15. The molecule has 0 bridgehead atoms. The van der Waals surface area contributed by atoms with E-state index in [1.807, 2.05) is 72.8 Å². The van der Waals surface area contributed by atoms with Crippen LogP contribution in [0, 0.1) is 11.6 Å². The standard InChI is InChI=1S/C20H21F2N2/c1-4-14(2)17-12-15(21)13-18(22)19(17)20-23(3)10-11-24(20)16-8-6-5-7-9-16/h5-14H,4H2,1-3H3/q+1. The largest absolute Gasteiger partial charge is 0.297 e. The molecule has 0 radical (unpaired) electrons. The third-order valence-corrected chi connectivity index (χ3v) is 4.49. The summed E-state index contributed by atoms with van der Waals surface area (Å²) in [6.07, 6.45) is 4.59. The molecule has 24 heavy (non-hydrogen) atoms. The minimum absolute atomic E-state index is 0.0596. The summed E-state index contributed by atoms with van der Waals surface area (Å²) in [5.41, 5.74) is 2.09. The number of aromatic nitrogens is 2. The predicted molar refractivity (Wildman–Crippen MR) is 91.0 cm³/mol. The van der Waals surface area contributed by atoms with Crippen LogP contribution < -0.4 is 4.57 Å². The van der Waals surface area contributed by atoms with E-state index in [0.29, 0.717) is 17.0 Å². The van der Waals surface area contributed by atoms with Crippen LogP contribution in [0.4, 0.5) is 8.78 Å². The van der Waals surface area contributed by atoms with Gasteiger partial charge < -0.3 is 0 Å². The van der Waals surface area contributed by atoms with Crippen LogP contribution in [0.3, 0.4) is 0 Å². The average Bonchev–Trinajstić information content (AvgIpc) is 2.95. The summed E-state index contributed by atoms with van der Waals surface area (Å²) in [6, 6.07) is 12.2. The Kier molecular flexibility index (Phi) is 4.47. The first-order chi connectivity index (χ1) is 11.5. The van der Waals surface area contributed by atoms with Crippen LogP contribution >= 0.6 is 0 Å². The summed E-state index contributed by atoms with van der Waals surface area (Å²) < 4.78 is 32.4. The van der Waals surface area contributed by atoms with Gasteiger partial charge in [0.25, 0.3) is 5.82 Å². The van der Waals surface area contributed by atoms with Crippen molar-refractivity contribution in [3.05, 3.63) is 72.1 Å². The Morgan fingerprint density at radius 1 is 1.12 bits per heavy atom. The van der Waals surface area contributed by atoms with Crippen molar-refractivity contribution in [2.75, 3.05) is 0 Å². The van der Waals surface area contributed by atoms with E-state index in [0.717, 1.165) is 18.2 Å². The van der Waals surface area contributed by atoms with E-state index in [2.05, 4.69) is 0 Å². The summed E-state index contributed by atoms with van der Waals surface area (Å²) in [6.45, 7) is 4.01. The summed E-state index contributed by atoms with van der Waals surface area (Å²) in [7, 11) is 1.87. The van der Waals surface area contributed by atoms with Crippen LogP contribution in [0.15, 0.2) is 54.9 Å². The maximum Gasteiger partial charge on any atom is 0.297 e. The van der Waals surface area contributed by atoms with Gasteiger partial charge in [0.1, 0.15) is 35.3 Å². The van der Waals surface area contributed by atoms with Gasteiger partial charge in [-0.1, -0.05) is 32.0 Å². The number of rotatable bonds is 4. The van der Waals surface area contributed by atoms with Gasteiger partial charge >= 0.3 is 0 Å². The molecule has 4 heteroatoms. The molecule has 3 aromatic rings. The van der Waals surface area contributed by atoms with Crippen LogP contribution in [0.5, 0.6) is 0 Å². The van der Waals surface area contributed by atoms with E-state index in [1.165, 1.54) is 6.07 Å². The number of aryl methyl sites for hydroxylation is 1. The molecule has 0 fully saturated rings. The fourth-order valence-corrected chi connectivity index (χ4v) is 3.01. The monoisotopic (exact) mass is 327 g/mol. The molecule has 0 saturated heterocycles. The van der Waals surface area contributed by atoms with Crippen molar-refractivity contribution in [3.63, 3.8) is 0 Å². The average molecular weight is 327 g/mol. The number of para-hydroxylation sites is 1. The molecular formula is C20H21F2N2+. The lowest BCUT2D eigenvalue weighted by Crippen LogP contribution is -2.30. The maximum atomic E-state index is 14.8. The van der Waals surface area contributed by atoms with Crippen molar-refractivity contribution in [2.45, 2.75) is 26.2 Å². The SMILES string of the molecule is CCC(C)c1cc(F)cc(F)c1-c1n(-c2ccccc2)cc[n+]1C. The van der Waals surface area contributed by atoms with E-state index >= 15 is 0 Å². The van der Waals surface area contributed by atoms with Crippen LogP contribution in [-0.2, 0) is 7.05 Å². The fraction of sp³-hybridized carbons (Fsp3) is 0.250. The molecule has 3 rings (SSSR count). The highest BCUT2D eigenvalue weighted by Crippen LogP contribution is 2.33. The summed E-state index contributed by atoms with van der Waals surface area (Å²) in [5.74, 6) is -0.304. The smallest absolute Gasteiger partial charge is 0.232 e. The van der Waals surface area contributed by atoms with Crippen LogP contribution in [0.2, 0.25) is 0 Å². The van der Waals surface area contributed by atoms with Gasteiger partial charge in [-0.3, -0.25) is 0 Å². The maximum absolute atomic E-state index is 14.8. The molecule has 0 aliphatic carbocycles. The molecule has 0 aliphatic rings. The van der Waals surface area contributed by atoms with Gasteiger partial charge in [-0.2, -0.15) is 4.57 Å². The zero-order valence-corrected chi connectivity index (χ0v) is 14.1. The number of halogens is 2. The predicted octanol–water partition coefficient (Wildman–Crippen LogP) is 4.76. The lowest BCUT2D eigenvalue weighted by atomic mass is 9.92. The molecule has 0 amide bonds. The Balaban J connectivity index is 2.30. The molecule has 1 atom stereocenters. The topological polar surface area (TPSA) is 8.81 Å². The fourth-order valence-electron chi connectivity index (χ4n) is 3.01. The highest BCUT2D eigenvalue weighted by atomic mass is 19.1. The molecule has 1 heterocycles. The zero-order chi connectivity index (χ0) is 17.3. The number of benzene rings is 2. The van der Waals surface area contributed by atoms with E-state index in [-0.39, 0.29) is 5.92 Å². The second-order valence-corrected chi connectivity index (χ2v) is 6.10. The second-order valence-electron chi connectivity index (χ2n) is 6.10. The van der Waals surface area contributed by atoms with Crippen molar-refractivity contribution in [2.24, 2.45) is 7.05 Å². The highest BCUT2D eigenvalue weighted by molar-refractivity contribution is 5.62. The minimum Gasteiger partial charge on any atom is -0.232 e. The van der Waals surface area contributed by atoms with Gasteiger partial charge in [-0.25, -0.2) is 13.3 Å². The van der Waals surface area contributed by atoms with Crippen LogP contribution in [0.25, 0.3) is 17.1 Å². The zero-order valence-electron chi connectivity index (χ0n) is 14.1. The van der Waals surface area contributed by atoms with Gasteiger partial charge in [0.05, 0.1) is 7.05 Å². The molecular weight excluding hydrogens is 306 g/mol. The first-order valence-corrected chi connectivity index (χ1v) is 8.14. The van der Waals surface area contributed by atoms with Crippen molar-refractivity contribution >= 4 is 0 Å². The second kappa shape index (κ2) is 6.56. The Morgan fingerprint density at radius 2 is 1.83 bits per heavy atom. The lowest BCUT2D eigenvalue weighted by molar-refractivity contribution is -0.659. The van der Waals surface area contributed by atoms with Crippen molar-refractivity contribution in [1.29, 1.82) is 0 Å². The molecule has 124 valence electrons. The number of imidazole rings is 1. The molecule has 2 nitrogen and oxygen atoms in total. The van der Waals surface area contributed by atoms with Crippen LogP contribution in [-0.4, -0.2) is 4.57 Å². The Morgan fingerprint density at radius 3 is 2.50 bits per heavy atom. The third kappa shape index (κ3) is 2.84. The first-order valence-electron chi connectivity index (χ1n) is 8.14. The number of hydrogen-bond acceptors (Lipinski definition) is 0. The van der Waals surface area contributed by atoms with E-state index in [9.17, 15) is 8.78 Å². The first kappa shape index (κ1) is 16.4. The Labute approximate surface area is 141 Å². The molecule has 1 unspecified atom stereocenters. The van der Waals surface area contributed by atoms with Gasteiger partial charge in [0, 0.05) is 6.07 Å². The van der Waals surface area contributed by atoms with E-state index in [1.54, 1.807) is 0 Å². The van der Waals surface area contributed by atoms with Gasteiger partial charge in [-0.05, 0) is 36.1 Å². The van der Waals surface area contributed by atoms with Crippen molar-refractivity contribution in [1.82, 2.24) is 4.57 Å². The molecule has 0 N–H and O–H groups in total. The number of hydrogen-bond donors (Lipinski definition) is 0. The minimum atomic E-state index is -0.535. The van der Waals surface area contributed by atoms with Gasteiger partial charge in [0.2, 0.25) is 0 Å². The molecule has 0 aliphatic heterocycles. The molecule has 0 spiro atoms. The summed E-state index contributed by atoms with van der Waals surface area (Å²) in [5, 5.41) is 0. The van der Waals surface area contributed by atoms with Gasteiger partial charge in [0.15, 0.2) is 0 Å². The molecule has 2 aromatic carbocycles. The van der Waals surface area contributed by atoms with Crippen molar-refractivity contribution < 1.29 is 13.3 Å².